The maximum atomic E-state index is 12.1. The minimum Gasteiger partial charge on any atom is -0.349 e. The SMILES string of the molecule is C=CCSCC(=O)N1CCC(NC(=O)c2cccnc2)CC1. The summed E-state index contributed by atoms with van der Waals surface area (Å²) in [5.41, 5.74) is 0.571. The first-order chi connectivity index (χ1) is 10.7. The molecule has 0 unspecified atom stereocenters. The molecule has 6 heteroatoms. The number of rotatable bonds is 6. The molecule has 1 N–H and O–H groups in total. The number of thioether (sulfide) groups is 1. The fourth-order valence-corrected chi connectivity index (χ4v) is 3.00. The van der Waals surface area contributed by atoms with E-state index in [1.54, 1.807) is 42.4 Å². The molecule has 2 rings (SSSR count). The van der Waals surface area contributed by atoms with E-state index in [9.17, 15) is 9.59 Å². The predicted octanol–water partition coefficient (Wildman–Crippen LogP) is 1.72. The topological polar surface area (TPSA) is 62.3 Å². The highest BCUT2D eigenvalue weighted by molar-refractivity contribution is 8.00. The Bertz CT molecular complexity index is 513. The van der Waals surface area contributed by atoms with Gasteiger partial charge in [0.1, 0.15) is 0 Å². The number of hydrogen-bond donors (Lipinski definition) is 1. The molecule has 0 aliphatic carbocycles. The van der Waals surface area contributed by atoms with Gasteiger partial charge in [-0.05, 0) is 25.0 Å². The molecule has 1 fully saturated rings. The van der Waals surface area contributed by atoms with Gasteiger partial charge in [0.25, 0.3) is 5.91 Å². The lowest BCUT2D eigenvalue weighted by Crippen LogP contribution is -2.47. The summed E-state index contributed by atoms with van der Waals surface area (Å²) in [7, 11) is 0. The van der Waals surface area contributed by atoms with Crippen molar-refractivity contribution in [3.8, 4) is 0 Å². The van der Waals surface area contributed by atoms with E-state index in [1.807, 2.05) is 4.90 Å². The summed E-state index contributed by atoms with van der Waals surface area (Å²) in [5, 5.41) is 3.01. The summed E-state index contributed by atoms with van der Waals surface area (Å²) in [6.45, 7) is 5.04. The van der Waals surface area contributed by atoms with Gasteiger partial charge in [0.15, 0.2) is 0 Å². The molecule has 22 heavy (non-hydrogen) atoms. The van der Waals surface area contributed by atoms with Gasteiger partial charge in [0.2, 0.25) is 5.91 Å². The first-order valence-electron chi connectivity index (χ1n) is 7.38. The number of amides is 2. The van der Waals surface area contributed by atoms with E-state index in [2.05, 4.69) is 16.9 Å². The lowest BCUT2D eigenvalue weighted by atomic mass is 10.0. The van der Waals surface area contributed by atoms with Crippen molar-refractivity contribution >= 4 is 23.6 Å². The zero-order chi connectivity index (χ0) is 15.8. The van der Waals surface area contributed by atoms with Gasteiger partial charge in [-0.1, -0.05) is 6.08 Å². The minimum absolute atomic E-state index is 0.0978. The predicted molar refractivity (Wildman–Crippen MR) is 88.8 cm³/mol. The van der Waals surface area contributed by atoms with Crippen LogP contribution in [0.15, 0.2) is 37.2 Å². The molecule has 0 saturated carbocycles. The van der Waals surface area contributed by atoms with Crippen LogP contribution in [0.4, 0.5) is 0 Å². The molecule has 1 aliphatic heterocycles. The van der Waals surface area contributed by atoms with E-state index in [-0.39, 0.29) is 17.9 Å². The van der Waals surface area contributed by atoms with E-state index < -0.39 is 0 Å². The summed E-state index contributed by atoms with van der Waals surface area (Å²) >= 11 is 1.58. The number of aromatic nitrogens is 1. The van der Waals surface area contributed by atoms with Crippen LogP contribution in [0, 0.1) is 0 Å². The van der Waals surface area contributed by atoms with Crippen molar-refractivity contribution < 1.29 is 9.59 Å². The molecule has 0 atom stereocenters. The summed E-state index contributed by atoms with van der Waals surface area (Å²) in [4.78, 5) is 29.9. The second-order valence-electron chi connectivity index (χ2n) is 5.17. The van der Waals surface area contributed by atoms with Crippen molar-refractivity contribution in [2.75, 3.05) is 24.6 Å². The molecular formula is C16H21N3O2S. The first-order valence-corrected chi connectivity index (χ1v) is 8.53. The summed E-state index contributed by atoms with van der Waals surface area (Å²) in [5.74, 6) is 1.37. The largest absolute Gasteiger partial charge is 0.349 e. The third-order valence-corrected chi connectivity index (χ3v) is 4.49. The first kappa shape index (κ1) is 16.5. The minimum atomic E-state index is -0.0978. The molecular weight excluding hydrogens is 298 g/mol. The second kappa shape index (κ2) is 8.58. The van der Waals surface area contributed by atoms with Crippen molar-refractivity contribution in [1.82, 2.24) is 15.2 Å². The smallest absolute Gasteiger partial charge is 0.253 e. The highest BCUT2D eigenvalue weighted by Crippen LogP contribution is 2.13. The van der Waals surface area contributed by atoms with Crippen LogP contribution in [0.1, 0.15) is 23.2 Å². The van der Waals surface area contributed by atoms with Crippen molar-refractivity contribution in [3.63, 3.8) is 0 Å². The van der Waals surface area contributed by atoms with Crippen molar-refractivity contribution in [2.45, 2.75) is 18.9 Å². The number of carbonyl (C=O) groups is 2. The number of hydrogen-bond acceptors (Lipinski definition) is 4. The molecule has 0 aromatic carbocycles. The van der Waals surface area contributed by atoms with Gasteiger partial charge in [-0.3, -0.25) is 14.6 Å². The van der Waals surface area contributed by atoms with Gasteiger partial charge in [0.05, 0.1) is 11.3 Å². The van der Waals surface area contributed by atoms with Gasteiger partial charge in [-0.2, -0.15) is 0 Å². The molecule has 1 aromatic heterocycles. The quantitative estimate of drug-likeness (QED) is 0.641. The Kier molecular flexibility index (Phi) is 6.45. The Hall–Kier alpha value is -1.82. The van der Waals surface area contributed by atoms with Crippen LogP contribution in [-0.2, 0) is 4.79 Å². The van der Waals surface area contributed by atoms with Gasteiger partial charge < -0.3 is 10.2 Å². The number of carbonyl (C=O) groups excluding carboxylic acids is 2. The normalized spacial score (nSPS) is 15.4. The van der Waals surface area contributed by atoms with Gasteiger partial charge >= 0.3 is 0 Å². The van der Waals surface area contributed by atoms with E-state index in [0.717, 1.165) is 18.6 Å². The van der Waals surface area contributed by atoms with Crippen LogP contribution in [0.2, 0.25) is 0 Å². The Morgan fingerprint density at radius 3 is 2.86 bits per heavy atom. The number of likely N-dealkylation sites (tertiary alicyclic amines) is 1. The standard InChI is InChI=1S/C16H21N3O2S/c1-2-10-22-12-15(20)19-8-5-14(6-9-19)18-16(21)13-4-3-7-17-11-13/h2-4,7,11,14H,1,5-6,8-10,12H2,(H,18,21). The lowest BCUT2D eigenvalue weighted by Gasteiger charge is -2.32. The average molecular weight is 319 g/mol. The fourth-order valence-electron chi connectivity index (χ4n) is 2.36. The third kappa shape index (κ3) is 4.87. The molecule has 2 amide bonds. The number of pyridine rings is 1. The molecule has 0 bridgehead atoms. The average Bonchev–Trinajstić information content (AvgIpc) is 2.56. The van der Waals surface area contributed by atoms with Crippen LogP contribution >= 0.6 is 11.8 Å². The molecule has 0 spiro atoms. The van der Waals surface area contributed by atoms with Gasteiger partial charge in [-0.15, -0.1) is 18.3 Å². The Labute approximate surface area is 135 Å². The summed E-state index contributed by atoms with van der Waals surface area (Å²) in [6.07, 6.45) is 6.60. The van der Waals surface area contributed by atoms with E-state index >= 15 is 0 Å². The highest BCUT2D eigenvalue weighted by atomic mass is 32.2. The Balaban J connectivity index is 1.74. The van der Waals surface area contributed by atoms with E-state index in [0.29, 0.717) is 24.4 Å². The molecule has 1 aromatic rings. The van der Waals surface area contributed by atoms with Crippen LogP contribution in [-0.4, -0.2) is 52.3 Å². The van der Waals surface area contributed by atoms with Gasteiger partial charge in [-0.25, -0.2) is 0 Å². The highest BCUT2D eigenvalue weighted by Gasteiger charge is 2.23. The van der Waals surface area contributed by atoms with Crippen molar-refractivity contribution in [2.24, 2.45) is 0 Å². The molecule has 1 saturated heterocycles. The lowest BCUT2D eigenvalue weighted by molar-refractivity contribution is -0.129. The van der Waals surface area contributed by atoms with Crippen LogP contribution in [0.25, 0.3) is 0 Å². The van der Waals surface area contributed by atoms with Crippen molar-refractivity contribution in [1.29, 1.82) is 0 Å². The van der Waals surface area contributed by atoms with Crippen LogP contribution in [0.3, 0.4) is 0 Å². The fraction of sp³-hybridized carbons (Fsp3) is 0.438. The van der Waals surface area contributed by atoms with Crippen LogP contribution < -0.4 is 5.32 Å². The molecule has 5 nitrogen and oxygen atoms in total. The molecule has 2 heterocycles. The second-order valence-corrected chi connectivity index (χ2v) is 6.20. The van der Waals surface area contributed by atoms with E-state index in [1.165, 1.54) is 0 Å². The number of piperidine rings is 1. The monoisotopic (exact) mass is 319 g/mol. The zero-order valence-corrected chi connectivity index (χ0v) is 13.3. The number of nitrogens with zero attached hydrogens (tertiary/aromatic N) is 2. The van der Waals surface area contributed by atoms with Gasteiger partial charge in [0, 0.05) is 37.3 Å². The van der Waals surface area contributed by atoms with Crippen molar-refractivity contribution in [3.05, 3.63) is 42.7 Å². The summed E-state index contributed by atoms with van der Waals surface area (Å²) < 4.78 is 0. The van der Waals surface area contributed by atoms with Crippen LogP contribution in [0.5, 0.6) is 0 Å². The molecule has 1 aliphatic rings. The molecule has 0 radical (unpaired) electrons. The Morgan fingerprint density at radius 1 is 1.45 bits per heavy atom. The third-order valence-electron chi connectivity index (χ3n) is 3.57. The maximum Gasteiger partial charge on any atom is 0.253 e. The maximum absolute atomic E-state index is 12.1. The zero-order valence-electron chi connectivity index (χ0n) is 12.5. The Morgan fingerprint density at radius 2 is 2.23 bits per heavy atom. The molecule has 118 valence electrons. The van der Waals surface area contributed by atoms with E-state index in [4.69, 9.17) is 0 Å². The summed E-state index contributed by atoms with van der Waals surface area (Å²) in [6, 6.07) is 3.62. The number of nitrogens with one attached hydrogen (secondary N) is 1.